The lowest BCUT2D eigenvalue weighted by Gasteiger charge is -2.09. The Hall–Kier alpha value is -1.36. The zero-order chi connectivity index (χ0) is 12.3. The maximum absolute atomic E-state index is 11.8. The van der Waals surface area contributed by atoms with Gasteiger partial charge in [0.25, 0.3) is 5.91 Å². The van der Waals surface area contributed by atoms with Crippen molar-refractivity contribution in [3.63, 3.8) is 0 Å². The van der Waals surface area contributed by atoms with Gasteiger partial charge < -0.3 is 15.1 Å². The Morgan fingerprint density at radius 3 is 3.00 bits per heavy atom. The minimum absolute atomic E-state index is 0.166. The second-order valence-corrected chi connectivity index (χ2v) is 4.49. The molecule has 1 aromatic rings. The SMILES string of the molecule is Cc1nc(C)c(C(=O)NCC[C@H]2CCCN2)o1. The average molecular weight is 237 g/mol. The molecule has 2 N–H and O–H groups in total. The van der Waals surface area contributed by atoms with Crippen LogP contribution in [0.3, 0.4) is 0 Å². The van der Waals surface area contributed by atoms with Gasteiger partial charge in [-0.15, -0.1) is 0 Å². The Labute approximate surface area is 101 Å². The van der Waals surface area contributed by atoms with Crippen LogP contribution in [0, 0.1) is 13.8 Å². The summed E-state index contributed by atoms with van der Waals surface area (Å²) in [5.74, 6) is 0.702. The summed E-state index contributed by atoms with van der Waals surface area (Å²) in [5, 5.41) is 6.27. The summed E-state index contributed by atoms with van der Waals surface area (Å²) in [5.41, 5.74) is 0.652. The van der Waals surface area contributed by atoms with Gasteiger partial charge in [0.2, 0.25) is 5.76 Å². The first-order valence-corrected chi connectivity index (χ1v) is 6.12. The van der Waals surface area contributed by atoms with Crippen molar-refractivity contribution in [3.8, 4) is 0 Å². The first kappa shape index (κ1) is 12.1. The summed E-state index contributed by atoms with van der Waals surface area (Å²) < 4.78 is 5.26. The molecule has 0 aromatic carbocycles. The van der Waals surface area contributed by atoms with E-state index in [-0.39, 0.29) is 5.91 Å². The number of aromatic nitrogens is 1. The Morgan fingerprint density at radius 2 is 2.41 bits per heavy atom. The van der Waals surface area contributed by atoms with Crippen LogP contribution < -0.4 is 10.6 Å². The Balaban J connectivity index is 1.78. The van der Waals surface area contributed by atoms with Crippen LogP contribution >= 0.6 is 0 Å². The van der Waals surface area contributed by atoms with Crippen molar-refractivity contribution in [2.75, 3.05) is 13.1 Å². The van der Waals surface area contributed by atoms with Gasteiger partial charge in [-0.1, -0.05) is 0 Å². The number of nitrogens with one attached hydrogen (secondary N) is 2. The monoisotopic (exact) mass is 237 g/mol. The van der Waals surface area contributed by atoms with Crippen LogP contribution in [0.15, 0.2) is 4.42 Å². The van der Waals surface area contributed by atoms with Gasteiger partial charge in [-0.25, -0.2) is 4.98 Å². The number of carbonyl (C=O) groups excluding carboxylic acids is 1. The van der Waals surface area contributed by atoms with Crippen LogP contribution in [-0.4, -0.2) is 30.0 Å². The van der Waals surface area contributed by atoms with Crippen LogP contribution in [0.4, 0.5) is 0 Å². The molecule has 0 saturated carbocycles. The van der Waals surface area contributed by atoms with E-state index in [4.69, 9.17) is 4.42 Å². The largest absolute Gasteiger partial charge is 0.436 e. The summed E-state index contributed by atoms with van der Waals surface area (Å²) in [6.45, 7) is 5.30. The second kappa shape index (κ2) is 5.31. The predicted molar refractivity (Wildman–Crippen MR) is 64.0 cm³/mol. The summed E-state index contributed by atoms with van der Waals surface area (Å²) in [7, 11) is 0. The lowest BCUT2D eigenvalue weighted by molar-refractivity contribution is 0.0922. The lowest BCUT2D eigenvalue weighted by atomic mass is 10.1. The van der Waals surface area contributed by atoms with Crippen LogP contribution in [0.2, 0.25) is 0 Å². The van der Waals surface area contributed by atoms with Crippen LogP contribution in [0.1, 0.15) is 41.4 Å². The van der Waals surface area contributed by atoms with Crippen molar-refractivity contribution < 1.29 is 9.21 Å². The number of rotatable bonds is 4. The minimum Gasteiger partial charge on any atom is -0.436 e. The van der Waals surface area contributed by atoms with Gasteiger partial charge in [0.1, 0.15) is 0 Å². The quantitative estimate of drug-likeness (QED) is 0.824. The molecular formula is C12H19N3O2. The highest BCUT2D eigenvalue weighted by molar-refractivity contribution is 5.92. The minimum atomic E-state index is -0.166. The molecule has 5 nitrogen and oxygen atoms in total. The fourth-order valence-electron chi connectivity index (χ4n) is 2.19. The second-order valence-electron chi connectivity index (χ2n) is 4.49. The smallest absolute Gasteiger partial charge is 0.289 e. The van der Waals surface area contributed by atoms with E-state index in [1.54, 1.807) is 13.8 Å². The molecule has 1 aliphatic heterocycles. The molecule has 94 valence electrons. The van der Waals surface area contributed by atoms with Gasteiger partial charge >= 0.3 is 0 Å². The summed E-state index contributed by atoms with van der Waals surface area (Å²) in [6.07, 6.45) is 3.41. The van der Waals surface area contributed by atoms with Gasteiger partial charge in [-0.3, -0.25) is 4.79 Å². The van der Waals surface area contributed by atoms with Crippen molar-refractivity contribution >= 4 is 5.91 Å². The number of hydrogen-bond donors (Lipinski definition) is 2. The fraction of sp³-hybridized carbons (Fsp3) is 0.667. The number of aryl methyl sites for hydroxylation is 2. The number of hydrogen-bond acceptors (Lipinski definition) is 4. The molecule has 1 amide bonds. The highest BCUT2D eigenvalue weighted by Gasteiger charge is 2.17. The predicted octanol–water partition coefficient (Wildman–Crippen LogP) is 1.16. The Bertz CT molecular complexity index is 394. The maximum Gasteiger partial charge on any atom is 0.289 e. The van der Waals surface area contributed by atoms with Gasteiger partial charge in [-0.05, 0) is 32.7 Å². The topological polar surface area (TPSA) is 67.2 Å². The normalized spacial score (nSPS) is 19.5. The van der Waals surface area contributed by atoms with E-state index in [9.17, 15) is 4.79 Å². The fourth-order valence-corrected chi connectivity index (χ4v) is 2.19. The van der Waals surface area contributed by atoms with Crippen molar-refractivity contribution in [2.45, 2.75) is 39.2 Å². The molecular weight excluding hydrogens is 218 g/mol. The van der Waals surface area contributed by atoms with Crippen LogP contribution in [-0.2, 0) is 0 Å². The Morgan fingerprint density at radius 1 is 1.59 bits per heavy atom. The number of carbonyl (C=O) groups is 1. The zero-order valence-corrected chi connectivity index (χ0v) is 10.4. The van der Waals surface area contributed by atoms with E-state index in [0.717, 1.165) is 13.0 Å². The molecule has 0 radical (unpaired) electrons. The molecule has 0 unspecified atom stereocenters. The highest BCUT2D eigenvalue weighted by atomic mass is 16.4. The van der Waals surface area contributed by atoms with E-state index >= 15 is 0 Å². The van der Waals surface area contributed by atoms with Gasteiger partial charge in [0.05, 0.1) is 5.69 Å². The van der Waals surface area contributed by atoms with E-state index in [0.29, 0.717) is 29.9 Å². The molecule has 1 atom stereocenters. The van der Waals surface area contributed by atoms with Crippen molar-refractivity contribution in [3.05, 3.63) is 17.3 Å². The third-order valence-electron chi connectivity index (χ3n) is 3.05. The molecule has 2 rings (SSSR count). The van der Waals surface area contributed by atoms with E-state index in [1.165, 1.54) is 12.8 Å². The summed E-state index contributed by atoms with van der Waals surface area (Å²) >= 11 is 0. The molecule has 5 heteroatoms. The van der Waals surface area contributed by atoms with E-state index in [1.807, 2.05) is 0 Å². The average Bonchev–Trinajstić information content (AvgIpc) is 2.88. The molecule has 0 spiro atoms. The van der Waals surface area contributed by atoms with Gasteiger partial charge in [-0.2, -0.15) is 0 Å². The van der Waals surface area contributed by atoms with Crippen LogP contribution in [0.5, 0.6) is 0 Å². The molecule has 1 saturated heterocycles. The first-order chi connectivity index (χ1) is 8.16. The number of nitrogens with zero attached hydrogens (tertiary/aromatic N) is 1. The molecule has 1 aliphatic rings. The molecule has 2 heterocycles. The van der Waals surface area contributed by atoms with E-state index < -0.39 is 0 Å². The van der Waals surface area contributed by atoms with Crippen LogP contribution in [0.25, 0.3) is 0 Å². The van der Waals surface area contributed by atoms with Gasteiger partial charge in [0.15, 0.2) is 5.89 Å². The standard InChI is InChI=1S/C12H19N3O2/c1-8-11(17-9(2)15-8)12(16)14-7-5-10-4-3-6-13-10/h10,13H,3-7H2,1-2H3,(H,14,16)/t10-/m1/s1. The van der Waals surface area contributed by atoms with Crippen molar-refractivity contribution in [2.24, 2.45) is 0 Å². The number of oxazole rings is 1. The van der Waals surface area contributed by atoms with E-state index in [2.05, 4.69) is 15.6 Å². The van der Waals surface area contributed by atoms with Gasteiger partial charge in [0, 0.05) is 19.5 Å². The third kappa shape index (κ3) is 3.06. The third-order valence-corrected chi connectivity index (χ3v) is 3.05. The molecule has 1 fully saturated rings. The first-order valence-electron chi connectivity index (χ1n) is 6.12. The number of amides is 1. The summed E-state index contributed by atoms with van der Waals surface area (Å²) in [6, 6.07) is 0.549. The molecule has 1 aromatic heterocycles. The lowest BCUT2D eigenvalue weighted by Crippen LogP contribution is -2.30. The molecule has 0 bridgehead atoms. The Kier molecular flexibility index (Phi) is 3.78. The molecule has 0 aliphatic carbocycles. The maximum atomic E-state index is 11.8. The molecule has 17 heavy (non-hydrogen) atoms. The van der Waals surface area contributed by atoms with Crippen molar-refractivity contribution in [1.82, 2.24) is 15.6 Å². The van der Waals surface area contributed by atoms with Crippen molar-refractivity contribution in [1.29, 1.82) is 0 Å². The highest BCUT2D eigenvalue weighted by Crippen LogP contribution is 2.10. The summed E-state index contributed by atoms with van der Waals surface area (Å²) in [4.78, 5) is 15.9. The zero-order valence-electron chi connectivity index (χ0n) is 10.4.